The smallest absolute Gasteiger partial charge is 0.220 e. The van der Waals surface area contributed by atoms with Crippen molar-refractivity contribution in [3.63, 3.8) is 0 Å². The lowest BCUT2D eigenvalue weighted by Gasteiger charge is -2.32. The van der Waals surface area contributed by atoms with Crippen LogP contribution in [0.25, 0.3) is 0 Å². The van der Waals surface area contributed by atoms with Crippen LogP contribution in [-0.2, 0) is 27.3 Å². The minimum absolute atomic E-state index is 0.00436. The molecule has 2 atom stereocenters. The molecular formula is C19H25N3O4. The van der Waals surface area contributed by atoms with Crippen LogP contribution in [0, 0.1) is 13.8 Å². The van der Waals surface area contributed by atoms with Crippen molar-refractivity contribution in [2.75, 3.05) is 13.2 Å². The van der Waals surface area contributed by atoms with Crippen molar-refractivity contribution in [2.24, 2.45) is 0 Å². The number of ether oxygens (including phenoxy) is 2. The number of carbonyl (C=O) groups excluding carboxylic acids is 1. The molecular weight excluding hydrogens is 334 g/mol. The molecule has 0 aliphatic carbocycles. The van der Waals surface area contributed by atoms with Crippen molar-refractivity contribution in [3.05, 3.63) is 47.1 Å². The fourth-order valence-corrected chi connectivity index (χ4v) is 3.03. The van der Waals surface area contributed by atoms with E-state index in [4.69, 9.17) is 14.0 Å². The highest BCUT2D eigenvalue weighted by atomic mass is 16.5. The van der Waals surface area contributed by atoms with Gasteiger partial charge in [0.05, 0.1) is 31.1 Å². The fourth-order valence-electron chi connectivity index (χ4n) is 3.03. The predicted molar refractivity (Wildman–Crippen MR) is 94.5 cm³/mol. The molecule has 7 nitrogen and oxygen atoms in total. The van der Waals surface area contributed by atoms with Gasteiger partial charge in [-0.15, -0.1) is 0 Å². The van der Waals surface area contributed by atoms with Gasteiger partial charge in [0.15, 0.2) is 0 Å². The van der Waals surface area contributed by atoms with E-state index in [0.717, 1.165) is 29.0 Å². The Balaban J connectivity index is 1.50. The highest BCUT2D eigenvalue weighted by molar-refractivity contribution is 5.76. The molecule has 7 heteroatoms. The van der Waals surface area contributed by atoms with E-state index < -0.39 is 0 Å². The van der Waals surface area contributed by atoms with E-state index in [1.807, 2.05) is 26.0 Å². The minimum atomic E-state index is -0.148. The summed E-state index contributed by atoms with van der Waals surface area (Å²) in [5.74, 6) is 0.766. The second-order valence-electron chi connectivity index (χ2n) is 6.55. The number of aryl methyl sites for hydroxylation is 3. The highest BCUT2D eigenvalue weighted by Gasteiger charge is 2.28. The molecule has 1 amide bonds. The lowest BCUT2D eigenvalue weighted by Crippen LogP contribution is -2.50. The maximum Gasteiger partial charge on any atom is 0.220 e. The van der Waals surface area contributed by atoms with Crippen molar-refractivity contribution in [1.29, 1.82) is 0 Å². The average Bonchev–Trinajstić information content (AvgIpc) is 2.98. The molecule has 140 valence electrons. The normalized spacial score (nSPS) is 20.1. The largest absolute Gasteiger partial charge is 0.379 e. The third-order valence-corrected chi connectivity index (χ3v) is 4.63. The van der Waals surface area contributed by atoms with Crippen LogP contribution in [0.4, 0.5) is 0 Å². The summed E-state index contributed by atoms with van der Waals surface area (Å²) < 4.78 is 16.8. The van der Waals surface area contributed by atoms with Crippen LogP contribution in [0.15, 0.2) is 29.0 Å². The summed E-state index contributed by atoms with van der Waals surface area (Å²) in [5.41, 5.74) is 2.86. The first-order chi connectivity index (χ1) is 12.6. The van der Waals surface area contributed by atoms with Crippen LogP contribution >= 0.6 is 0 Å². The van der Waals surface area contributed by atoms with Crippen LogP contribution in [0.3, 0.4) is 0 Å². The Kier molecular flexibility index (Phi) is 6.35. The van der Waals surface area contributed by atoms with Crippen molar-refractivity contribution < 1.29 is 18.8 Å². The van der Waals surface area contributed by atoms with Crippen LogP contribution in [0.2, 0.25) is 0 Å². The number of rotatable bonds is 7. The zero-order valence-electron chi connectivity index (χ0n) is 15.2. The van der Waals surface area contributed by atoms with E-state index in [2.05, 4.69) is 15.5 Å². The summed E-state index contributed by atoms with van der Waals surface area (Å²) >= 11 is 0. The van der Waals surface area contributed by atoms with E-state index in [1.165, 1.54) is 0 Å². The monoisotopic (exact) mass is 359 g/mol. The van der Waals surface area contributed by atoms with Gasteiger partial charge in [0, 0.05) is 31.0 Å². The number of nitrogens with zero attached hydrogens (tertiary/aromatic N) is 2. The molecule has 1 saturated heterocycles. The zero-order chi connectivity index (χ0) is 18.4. The Morgan fingerprint density at radius 1 is 1.42 bits per heavy atom. The molecule has 26 heavy (non-hydrogen) atoms. The summed E-state index contributed by atoms with van der Waals surface area (Å²) in [6.07, 6.45) is 5.25. The molecule has 1 fully saturated rings. The maximum atomic E-state index is 12.3. The summed E-state index contributed by atoms with van der Waals surface area (Å²) in [7, 11) is 0. The number of carbonyl (C=O) groups is 1. The molecule has 3 rings (SSSR count). The Morgan fingerprint density at radius 2 is 2.31 bits per heavy atom. The van der Waals surface area contributed by atoms with E-state index in [-0.39, 0.29) is 18.1 Å². The number of hydrogen-bond acceptors (Lipinski definition) is 6. The second-order valence-corrected chi connectivity index (χ2v) is 6.55. The van der Waals surface area contributed by atoms with Crippen molar-refractivity contribution >= 4 is 5.91 Å². The average molecular weight is 359 g/mol. The number of pyridine rings is 1. The van der Waals surface area contributed by atoms with E-state index in [0.29, 0.717) is 32.7 Å². The van der Waals surface area contributed by atoms with Gasteiger partial charge in [-0.25, -0.2) is 0 Å². The van der Waals surface area contributed by atoms with Gasteiger partial charge in [0.1, 0.15) is 5.76 Å². The third kappa shape index (κ3) is 4.89. The number of amides is 1. The Morgan fingerprint density at radius 3 is 3.04 bits per heavy atom. The Labute approximate surface area is 153 Å². The first-order valence-electron chi connectivity index (χ1n) is 8.93. The van der Waals surface area contributed by atoms with Crippen LogP contribution in [0.1, 0.15) is 35.4 Å². The van der Waals surface area contributed by atoms with Crippen LogP contribution < -0.4 is 5.32 Å². The molecule has 1 aliphatic heterocycles. The predicted octanol–water partition coefficient (Wildman–Crippen LogP) is 2.11. The van der Waals surface area contributed by atoms with Gasteiger partial charge < -0.3 is 19.3 Å². The minimum Gasteiger partial charge on any atom is -0.379 e. The number of hydrogen-bond donors (Lipinski definition) is 1. The summed E-state index contributed by atoms with van der Waals surface area (Å²) in [6.45, 7) is 5.30. The molecule has 2 aromatic rings. The van der Waals surface area contributed by atoms with Gasteiger partial charge in [0.25, 0.3) is 0 Å². The van der Waals surface area contributed by atoms with Crippen LogP contribution in [-0.4, -0.2) is 41.4 Å². The maximum absolute atomic E-state index is 12.3. The molecule has 1 aliphatic rings. The van der Waals surface area contributed by atoms with Crippen molar-refractivity contribution in [1.82, 2.24) is 15.5 Å². The molecule has 2 aromatic heterocycles. The zero-order valence-corrected chi connectivity index (χ0v) is 15.2. The van der Waals surface area contributed by atoms with E-state index in [1.54, 1.807) is 12.4 Å². The number of aromatic nitrogens is 2. The molecule has 0 bridgehead atoms. The van der Waals surface area contributed by atoms with Gasteiger partial charge >= 0.3 is 0 Å². The SMILES string of the molecule is Cc1noc(C)c1CO[C@H]1CCOC[C@H]1NC(=O)CCc1cccnc1. The molecule has 0 spiro atoms. The Bertz CT molecular complexity index is 697. The van der Waals surface area contributed by atoms with Gasteiger partial charge in [-0.05, 0) is 38.3 Å². The standard InChI is InChI=1S/C19H25N3O4/c1-13-16(14(2)26-22-13)11-25-18-7-9-24-12-17(18)21-19(23)6-5-15-4-3-8-20-10-15/h3-4,8,10,17-18H,5-7,9,11-12H2,1-2H3,(H,21,23)/t17-,18+/m1/s1. The first-order valence-corrected chi connectivity index (χ1v) is 8.93. The summed E-state index contributed by atoms with van der Waals surface area (Å²) in [5, 5.41) is 7.00. The van der Waals surface area contributed by atoms with E-state index >= 15 is 0 Å². The highest BCUT2D eigenvalue weighted by Crippen LogP contribution is 2.18. The Hall–Kier alpha value is -2.25. The molecule has 0 saturated carbocycles. The lowest BCUT2D eigenvalue weighted by molar-refractivity contribution is -0.126. The first kappa shape index (κ1) is 18.5. The molecule has 0 radical (unpaired) electrons. The van der Waals surface area contributed by atoms with Gasteiger partial charge in [-0.2, -0.15) is 0 Å². The quantitative estimate of drug-likeness (QED) is 0.815. The third-order valence-electron chi connectivity index (χ3n) is 4.63. The van der Waals surface area contributed by atoms with Gasteiger partial charge in [-0.1, -0.05) is 11.2 Å². The lowest BCUT2D eigenvalue weighted by atomic mass is 10.1. The van der Waals surface area contributed by atoms with Gasteiger partial charge in [-0.3, -0.25) is 9.78 Å². The molecule has 0 aromatic carbocycles. The topological polar surface area (TPSA) is 86.5 Å². The molecule has 0 unspecified atom stereocenters. The summed E-state index contributed by atoms with van der Waals surface area (Å²) in [4.78, 5) is 16.4. The number of nitrogens with one attached hydrogen (secondary N) is 1. The molecule has 1 N–H and O–H groups in total. The molecule has 3 heterocycles. The van der Waals surface area contributed by atoms with Crippen LogP contribution in [0.5, 0.6) is 0 Å². The summed E-state index contributed by atoms with van der Waals surface area (Å²) in [6, 6.07) is 3.70. The van der Waals surface area contributed by atoms with Crippen molar-refractivity contribution in [3.8, 4) is 0 Å². The second kappa shape index (κ2) is 8.91. The van der Waals surface area contributed by atoms with Gasteiger partial charge in [0.2, 0.25) is 5.91 Å². The van der Waals surface area contributed by atoms with E-state index in [9.17, 15) is 4.79 Å². The fraction of sp³-hybridized carbons (Fsp3) is 0.526. The van der Waals surface area contributed by atoms with Crippen molar-refractivity contribution in [2.45, 2.75) is 51.9 Å².